The van der Waals surface area contributed by atoms with Gasteiger partial charge in [0.1, 0.15) is 5.82 Å². The molecule has 0 aliphatic heterocycles. The first kappa shape index (κ1) is 14.2. The highest BCUT2D eigenvalue weighted by Gasteiger charge is 2.19. The number of rotatable bonds is 3. The Morgan fingerprint density at radius 2 is 2.10 bits per heavy atom. The normalized spacial score (nSPS) is 12.0. The quantitative estimate of drug-likeness (QED) is 0.858. The molecule has 20 heavy (non-hydrogen) atoms. The van der Waals surface area contributed by atoms with Crippen LogP contribution in [0.15, 0.2) is 42.7 Å². The summed E-state index contributed by atoms with van der Waals surface area (Å²) in [5.41, 5.74) is 1.92. The maximum Gasteiger partial charge on any atom is 0.254 e. The number of aromatic nitrogens is 1. The molecule has 0 unspecified atom stereocenters. The Balaban J connectivity index is 2.22. The zero-order valence-corrected chi connectivity index (χ0v) is 11.8. The van der Waals surface area contributed by atoms with Gasteiger partial charge in [0.05, 0.1) is 6.04 Å². The fourth-order valence-electron chi connectivity index (χ4n) is 2.00. The van der Waals surface area contributed by atoms with E-state index in [1.165, 1.54) is 12.1 Å². The van der Waals surface area contributed by atoms with E-state index in [0.29, 0.717) is 11.1 Å². The van der Waals surface area contributed by atoms with Gasteiger partial charge in [-0.2, -0.15) is 0 Å². The van der Waals surface area contributed by atoms with E-state index in [4.69, 9.17) is 0 Å². The number of halogens is 1. The zero-order chi connectivity index (χ0) is 14.7. The van der Waals surface area contributed by atoms with Crippen LogP contribution in [-0.4, -0.2) is 22.8 Å². The number of benzene rings is 1. The number of hydrogen-bond donors (Lipinski definition) is 0. The van der Waals surface area contributed by atoms with Crippen LogP contribution in [0.3, 0.4) is 0 Å². The van der Waals surface area contributed by atoms with E-state index in [2.05, 4.69) is 4.98 Å². The van der Waals surface area contributed by atoms with Gasteiger partial charge >= 0.3 is 0 Å². The third kappa shape index (κ3) is 2.85. The number of amides is 1. The molecule has 1 heterocycles. The zero-order valence-electron chi connectivity index (χ0n) is 11.8. The van der Waals surface area contributed by atoms with Gasteiger partial charge in [-0.15, -0.1) is 0 Å². The molecule has 3 nitrogen and oxygen atoms in total. The second-order valence-electron chi connectivity index (χ2n) is 4.84. The summed E-state index contributed by atoms with van der Waals surface area (Å²) < 4.78 is 13.3. The smallest absolute Gasteiger partial charge is 0.254 e. The molecule has 0 aliphatic rings. The highest BCUT2D eigenvalue weighted by atomic mass is 19.1. The Morgan fingerprint density at radius 1 is 1.35 bits per heavy atom. The molecule has 0 bridgehead atoms. The lowest BCUT2D eigenvalue weighted by Gasteiger charge is -2.25. The first-order valence-corrected chi connectivity index (χ1v) is 6.44. The summed E-state index contributed by atoms with van der Waals surface area (Å²) in [6.45, 7) is 3.59. The van der Waals surface area contributed by atoms with E-state index in [1.54, 1.807) is 37.3 Å². The molecule has 0 N–H and O–H groups in total. The van der Waals surface area contributed by atoms with E-state index in [-0.39, 0.29) is 17.8 Å². The van der Waals surface area contributed by atoms with Crippen molar-refractivity contribution in [2.75, 3.05) is 7.05 Å². The fraction of sp³-hybridized carbons (Fsp3) is 0.250. The molecule has 0 fully saturated rings. The van der Waals surface area contributed by atoms with E-state index in [1.807, 2.05) is 19.1 Å². The van der Waals surface area contributed by atoms with Gasteiger partial charge < -0.3 is 4.90 Å². The minimum absolute atomic E-state index is 0.0958. The van der Waals surface area contributed by atoms with Gasteiger partial charge in [0.25, 0.3) is 5.91 Å². The number of aryl methyl sites for hydroxylation is 1. The number of nitrogens with zero attached hydrogens (tertiary/aromatic N) is 2. The minimum Gasteiger partial charge on any atom is -0.335 e. The summed E-state index contributed by atoms with van der Waals surface area (Å²) in [7, 11) is 1.73. The molecule has 0 aliphatic carbocycles. The molecule has 0 radical (unpaired) electrons. The predicted octanol–water partition coefficient (Wildman–Crippen LogP) is 3.36. The van der Waals surface area contributed by atoms with Gasteiger partial charge in [0.2, 0.25) is 0 Å². The van der Waals surface area contributed by atoms with Gasteiger partial charge in [0, 0.05) is 25.0 Å². The van der Waals surface area contributed by atoms with E-state index < -0.39 is 0 Å². The number of hydrogen-bond acceptors (Lipinski definition) is 2. The Hall–Kier alpha value is -2.23. The van der Waals surface area contributed by atoms with Crippen molar-refractivity contribution < 1.29 is 9.18 Å². The van der Waals surface area contributed by atoms with Crippen LogP contribution in [-0.2, 0) is 0 Å². The minimum atomic E-state index is -0.301. The predicted molar refractivity (Wildman–Crippen MR) is 75.9 cm³/mol. The van der Waals surface area contributed by atoms with Gasteiger partial charge in [-0.25, -0.2) is 4.39 Å². The van der Waals surface area contributed by atoms with Gasteiger partial charge in [-0.05, 0) is 49.2 Å². The van der Waals surface area contributed by atoms with Gasteiger partial charge in [-0.1, -0.05) is 6.07 Å². The molecule has 0 saturated carbocycles. The first-order valence-electron chi connectivity index (χ1n) is 6.44. The second kappa shape index (κ2) is 5.82. The lowest BCUT2D eigenvalue weighted by molar-refractivity contribution is 0.0742. The number of carbonyl (C=O) groups is 1. The molecule has 0 spiro atoms. The fourth-order valence-corrected chi connectivity index (χ4v) is 2.00. The molecule has 1 atom stereocenters. The Labute approximate surface area is 118 Å². The third-order valence-electron chi connectivity index (χ3n) is 3.47. The van der Waals surface area contributed by atoms with Crippen LogP contribution in [0.2, 0.25) is 0 Å². The summed E-state index contributed by atoms with van der Waals surface area (Å²) in [4.78, 5) is 18.1. The van der Waals surface area contributed by atoms with Crippen molar-refractivity contribution in [1.29, 1.82) is 0 Å². The van der Waals surface area contributed by atoms with Gasteiger partial charge in [0.15, 0.2) is 0 Å². The standard InChI is InChI=1S/C16H17FN2O/c1-11-9-13(6-7-15(11)17)16(20)19(3)12(2)14-5-4-8-18-10-14/h4-10,12H,1-3H3/t12-/m0/s1. The topological polar surface area (TPSA) is 33.2 Å². The highest BCUT2D eigenvalue weighted by molar-refractivity contribution is 5.94. The lowest BCUT2D eigenvalue weighted by atomic mass is 10.1. The Morgan fingerprint density at radius 3 is 2.70 bits per heavy atom. The van der Waals surface area contributed by atoms with Crippen LogP contribution in [0.1, 0.15) is 34.5 Å². The number of carbonyl (C=O) groups excluding carboxylic acids is 1. The summed E-state index contributed by atoms with van der Waals surface area (Å²) in [5.74, 6) is -0.436. The van der Waals surface area contributed by atoms with Crippen LogP contribution < -0.4 is 0 Å². The maximum atomic E-state index is 13.3. The lowest BCUT2D eigenvalue weighted by Crippen LogP contribution is -2.29. The molecule has 4 heteroatoms. The van der Waals surface area contributed by atoms with Crippen molar-refractivity contribution in [2.24, 2.45) is 0 Å². The SMILES string of the molecule is Cc1cc(C(=O)N(C)[C@@H](C)c2cccnc2)ccc1F. The van der Waals surface area contributed by atoms with E-state index >= 15 is 0 Å². The molecule has 2 rings (SSSR count). The second-order valence-corrected chi connectivity index (χ2v) is 4.84. The summed E-state index contributed by atoms with van der Waals surface area (Å²) >= 11 is 0. The molecular weight excluding hydrogens is 255 g/mol. The Bertz CT molecular complexity index is 613. The van der Waals surface area contributed by atoms with E-state index in [0.717, 1.165) is 5.56 Å². The third-order valence-corrected chi connectivity index (χ3v) is 3.47. The first-order chi connectivity index (χ1) is 9.50. The van der Waals surface area contributed by atoms with Crippen molar-refractivity contribution in [1.82, 2.24) is 9.88 Å². The van der Waals surface area contributed by atoms with Crippen LogP contribution in [0.4, 0.5) is 4.39 Å². The molecule has 1 amide bonds. The maximum absolute atomic E-state index is 13.3. The van der Waals surface area contributed by atoms with Crippen LogP contribution in [0, 0.1) is 12.7 Å². The molecule has 104 valence electrons. The average Bonchev–Trinajstić information content (AvgIpc) is 2.48. The van der Waals surface area contributed by atoms with Crippen molar-refractivity contribution in [3.8, 4) is 0 Å². The van der Waals surface area contributed by atoms with Crippen molar-refractivity contribution >= 4 is 5.91 Å². The number of pyridine rings is 1. The van der Waals surface area contributed by atoms with Crippen molar-refractivity contribution in [3.63, 3.8) is 0 Å². The largest absolute Gasteiger partial charge is 0.335 e. The summed E-state index contributed by atoms with van der Waals surface area (Å²) in [6.07, 6.45) is 3.44. The van der Waals surface area contributed by atoms with Gasteiger partial charge in [-0.3, -0.25) is 9.78 Å². The molecule has 1 aromatic heterocycles. The highest BCUT2D eigenvalue weighted by Crippen LogP contribution is 2.20. The molecular formula is C16H17FN2O. The van der Waals surface area contributed by atoms with Crippen LogP contribution in [0.5, 0.6) is 0 Å². The van der Waals surface area contributed by atoms with Crippen LogP contribution in [0.25, 0.3) is 0 Å². The molecule has 1 aromatic carbocycles. The molecule has 0 saturated heterocycles. The van der Waals surface area contributed by atoms with Crippen molar-refractivity contribution in [2.45, 2.75) is 19.9 Å². The van der Waals surface area contributed by atoms with Crippen LogP contribution >= 0.6 is 0 Å². The summed E-state index contributed by atoms with van der Waals surface area (Å²) in [6, 6.07) is 8.08. The average molecular weight is 272 g/mol. The van der Waals surface area contributed by atoms with Crippen molar-refractivity contribution in [3.05, 3.63) is 65.2 Å². The molecule has 2 aromatic rings. The monoisotopic (exact) mass is 272 g/mol. The Kier molecular flexibility index (Phi) is 4.13. The summed E-state index contributed by atoms with van der Waals surface area (Å²) in [5, 5.41) is 0. The van der Waals surface area contributed by atoms with E-state index in [9.17, 15) is 9.18 Å².